The van der Waals surface area contributed by atoms with Gasteiger partial charge in [0.15, 0.2) is 9.84 Å². The van der Waals surface area contributed by atoms with E-state index in [4.69, 9.17) is 0 Å². The molecule has 2 fully saturated rings. The third kappa shape index (κ3) is 5.63. The van der Waals surface area contributed by atoms with E-state index in [1.807, 2.05) is 31.3 Å². The topological polar surface area (TPSA) is 69.7 Å². The van der Waals surface area contributed by atoms with E-state index < -0.39 is 9.84 Å². The van der Waals surface area contributed by atoms with Crippen molar-refractivity contribution in [2.75, 3.05) is 31.8 Å². The van der Waals surface area contributed by atoms with Crippen molar-refractivity contribution in [3.05, 3.63) is 65.7 Å². The molecule has 0 saturated heterocycles. The molecular formula is C27H37N3O3S. The fraction of sp³-hybridized carbons (Fsp3) is 0.519. The van der Waals surface area contributed by atoms with Crippen LogP contribution in [-0.4, -0.2) is 52.3 Å². The minimum Gasteiger partial charge on any atom is -0.321 e. The van der Waals surface area contributed by atoms with E-state index in [1.165, 1.54) is 24.7 Å². The number of sulfone groups is 1. The van der Waals surface area contributed by atoms with Crippen LogP contribution in [0.4, 0.5) is 10.5 Å². The molecule has 4 rings (SSSR count). The summed E-state index contributed by atoms with van der Waals surface area (Å²) in [6, 6.07) is 18.1. The Labute approximate surface area is 204 Å². The second-order valence-electron chi connectivity index (χ2n) is 10.1. The highest BCUT2D eigenvalue weighted by Crippen LogP contribution is 2.40. The molecule has 2 saturated carbocycles. The first-order valence-electron chi connectivity index (χ1n) is 12.3. The molecular weight excluding hydrogens is 446 g/mol. The number of urea groups is 1. The van der Waals surface area contributed by atoms with Gasteiger partial charge in [-0.25, -0.2) is 13.2 Å². The van der Waals surface area contributed by atoms with Gasteiger partial charge in [0, 0.05) is 37.1 Å². The van der Waals surface area contributed by atoms with Crippen molar-refractivity contribution in [2.45, 2.75) is 55.9 Å². The lowest BCUT2D eigenvalue weighted by Gasteiger charge is -2.45. The van der Waals surface area contributed by atoms with Gasteiger partial charge in [-0.3, -0.25) is 4.90 Å². The summed E-state index contributed by atoms with van der Waals surface area (Å²) in [5, 5.41) is 3.58. The smallest absolute Gasteiger partial charge is 0.321 e. The molecule has 34 heavy (non-hydrogen) atoms. The SMILES string of the molecule is CN[C@]1(c2ccccc2)CC[C@H](N(CC2CC2)C(=O)N(C)c2ccccc2CS(C)(=O)=O)CC1. The maximum absolute atomic E-state index is 13.8. The van der Waals surface area contributed by atoms with E-state index in [2.05, 4.69) is 34.5 Å². The quantitative estimate of drug-likeness (QED) is 0.598. The van der Waals surface area contributed by atoms with Gasteiger partial charge in [0.1, 0.15) is 0 Å². The van der Waals surface area contributed by atoms with Crippen molar-refractivity contribution in [3.63, 3.8) is 0 Å². The summed E-state index contributed by atoms with van der Waals surface area (Å²) in [5.74, 6) is 0.503. The Morgan fingerprint density at radius 1 is 1.00 bits per heavy atom. The molecule has 7 heteroatoms. The van der Waals surface area contributed by atoms with E-state index in [9.17, 15) is 13.2 Å². The van der Waals surface area contributed by atoms with Gasteiger partial charge in [-0.05, 0) is 68.7 Å². The van der Waals surface area contributed by atoms with Gasteiger partial charge in [0.05, 0.1) is 5.75 Å². The third-order valence-electron chi connectivity index (χ3n) is 7.51. The van der Waals surface area contributed by atoms with Gasteiger partial charge in [-0.15, -0.1) is 0 Å². The van der Waals surface area contributed by atoms with Crippen molar-refractivity contribution in [1.82, 2.24) is 10.2 Å². The van der Waals surface area contributed by atoms with E-state index in [1.54, 1.807) is 18.0 Å². The number of para-hydroxylation sites is 1. The molecule has 184 valence electrons. The van der Waals surface area contributed by atoms with Crippen LogP contribution < -0.4 is 10.2 Å². The Bertz CT molecular complexity index is 1090. The van der Waals surface area contributed by atoms with Crippen LogP contribution in [0.2, 0.25) is 0 Å². The molecule has 2 aliphatic carbocycles. The molecule has 0 bridgehead atoms. The van der Waals surface area contributed by atoms with E-state index in [-0.39, 0.29) is 23.4 Å². The summed E-state index contributed by atoms with van der Waals surface area (Å²) >= 11 is 0. The molecule has 0 spiro atoms. The minimum atomic E-state index is -3.21. The van der Waals surface area contributed by atoms with Crippen LogP contribution >= 0.6 is 0 Å². The van der Waals surface area contributed by atoms with Gasteiger partial charge < -0.3 is 10.2 Å². The summed E-state index contributed by atoms with van der Waals surface area (Å²) in [4.78, 5) is 17.5. The Morgan fingerprint density at radius 2 is 1.62 bits per heavy atom. The van der Waals surface area contributed by atoms with Crippen LogP contribution in [0.3, 0.4) is 0 Å². The van der Waals surface area contributed by atoms with Gasteiger partial charge in [-0.2, -0.15) is 0 Å². The predicted octanol–water partition coefficient (Wildman–Crippen LogP) is 4.56. The van der Waals surface area contributed by atoms with Gasteiger partial charge in [-0.1, -0.05) is 48.5 Å². The number of hydrogen-bond donors (Lipinski definition) is 1. The molecule has 2 amide bonds. The van der Waals surface area contributed by atoms with E-state index in [0.717, 1.165) is 32.2 Å². The number of carbonyl (C=O) groups excluding carboxylic acids is 1. The summed E-state index contributed by atoms with van der Waals surface area (Å²) in [6.45, 7) is 0.778. The van der Waals surface area contributed by atoms with E-state index >= 15 is 0 Å². The van der Waals surface area contributed by atoms with Crippen LogP contribution in [-0.2, 0) is 21.1 Å². The minimum absolute atomic E-state index is 0.0329. The highest BCUT2D eigenvalue weighted by atomic mass is 32.2. The fourth-order valence-electron chi connectivity index (χ4n) is 5.35. The maximum atomic E-state index is 13.8. The van der Waals surface area contributed by atoms with Gasteiger partial charge in [0.25, 0.3) is 0 Å². The first-order chi connectivity index (χ1) is 16.2. The zero-order valence-corrected chi connectivity index (χ0v) is 21.4. The third-order valence-corrected chi connectivity index (χ3v) is 8.34. The highest BCUT2D eigenvalue weighted by Gasteiger charge is 2.40. The summed E-state index contributed by atoms with van der Waals surface area (Å²) < 4.78 is 23.9. The van der Waals surface area contributed by atoms with Gasteiger partial charge >= 0.3 is 6.03 Å². The monoisotopic (exact) mass is 483 g/mol. The number of rotatable bonds is 8. The first-order valence-corrected chi connectivity index (χ1v) is 14.3. The highest BCUT2D eigenvalue weighted by molar-refractivity contribution is 7.89. The molecule has 0 atom stereocenters. The Balaban J connectivity index is 1.53. The maximum Gasteiger partial charge on any atom is 0.324 e. The summed E-state index contributed by atoms with van der Waals surface area (Å²) in [5.41, 5.74) is 2.58. The molecule has 1 N–H and O–H groups in total. The average Bonchev–Trinajstić information content (AvgIpc) is 3.66. The van der Waals surface area contributed by atoms with Gasteiger partial charge in [0.2, 0.25) is 0 Å². The first kappa shape index (κ1) is 24.7. The molecule has 0 aromatic heterocycles. The molecule has 0 heterocycles. The number of hydrogen-bond acceptors (Lipinski definition) is 4. The Kier molecular flexibility index (Phi) is 7.33. The number of amides is 2. The lowest BCUT2D eigenvalue weighted by atomic mass is 9.74. The zero-order chi connectivity index (χ0) is 24.3. The lowest BCUT2D eigenvalue weighted by Crippen LogP contribution is -2.52. The normalized spacial score (nSPS) is 22.9. The number of benzene rings is 2. The lowest BCUT2D eigenvalue weighted by molar-refractivity contribution is 0.125. The number of carbonyl (C=O) groups is 1. The largest absolute Gasteiger partial charge is 0.324 e. The Morgan fingerprint density at radius 3 is 2.21 bits per heavy atom. The van der Waals surface area contributed by atoms with E-state index in [0.29, 0.717) is 17.2 Å². The number of nitrogens with one attached hydrogen (secondary N) is 1. The average molecular weight is 484 g/mol. The second-order valence-corrected chi connectivity index (χ2v) is 12.2. The van der Waals surface area contributed by atoms with Crippen molar-refractivity contribution in [3.8, 4) is 0 Å². The van der Waals surface area contributed by atoms with Crippen LogP contribution in [0.5, 0.6) is 0 Å². The number of nitrogens with zero attached hydrogens (tertiary/aromatic N) is 2. The molecule has 0 aliphatic heterocycles. The molecule has 2 aliphatic rings. The molecule has 0 radical (unpaired) electrons. The second kappa shape index (κ2) is 10.1. The van der Waals surface area contributed by atoms with Crippen molar-refractivity contribution in [1.29, 1.82) is 0 Å². The van der Waals surface area contributed by atoms with Crippen LogP contribution in [0, 0.1) is 5.92 Å². The zero-order valence-electron chi connectivity index (χ0n) is 20.5. The molecule has 6 nitrogen and oxygen atoms in total. The van der Waals surface area contributed by atoms with Crippen molar-refractivity contribution in [2.24, 2.45) is 5.92 Å². The Hall–Kier alpha value is -2.38. The van der Waals surface area contributed by atoms with Crippen LogP contribution in [0.25, 0.3) is 0 Å². The molecule has 0 unspecified atom stereocenters. The number of anilines is 1. The summed E-state index contributed by atoms with van der Waals surface area (Å²) in [7, 11) is 0.597. The van der Waals surface area contributed by atoms with Crippen molar-refractivity contribution >= 4 is 21.6 Å². The predicted molar refractivity (Wildman–Crippen MR) is 138 cm³/mol. The van der Waals surface area contributed by atoms with Crippen LogP contribution in [0.15, 0.2) is 54.6 Å². The van der Waals surface area contributed by atoms with Crippen molar-refractivity contribution < 1.29 is 13.2 Å². The molecule has 2 aromatic carbocycles. The fourth-order valence-corrected chi connectivity index (χ4v) is 6.16. The standard InChI is InChI=1S/C27H37N3O3S/c1-28-27(23-10-5-4-6-11-23)17-15-24(16-18-27)30(19-21-13-14-21)26(31)29(2)25-12-8-7-9-22(25)20-34(3,32)33/h4-12,21,24,28H,13-20H2,1-3H3/t24-,27+. The molecule has 2 aromatic rings. The van der Waals surface area contributed by atoms with Crippen LogP contribution in [0.1, 0.15) is 49.7 Å². The summed E-state index contributed by atoms with van der Waals surface area (Å²) in [6.07, 6.45) is 7.40.